The molecule has 2 rings (SSSR count). The zero-order valence-electron chi connectivity index (χ0n) is 15.8. The van der Waals surface area contributed by atoms with Crippen LogP contribution in [0.1, 0.15) is 18.1 Å². The highest BCUT2D eigenvalue weighted by molar-refractivity contribution is 8.00. The molecule has 5 nitrogen and oxygen atoms in total. The normalized spacial score (nSPS) is 11.6. The van der Waals surface area contributed by atoms with Gasteiger partial charge in [0.15, 0.2) is 11.5 Å². The SMILES string of the molecule is COc1cc(CNC(=O)[C@H](C)Sc2ccc(C)cc2)cc(OC)c1OC. The molecule has 0 heterocycles. The van der Waals surface area contributed by atoms with E-state index < -0.39 is 0 Å². The second kappa shape index (κ2) is 9.38. The van der Waals surface area contributed by atoms with Gasteiger partial charge < -0.3 is 19.5 Å². The van der Waals surface area contributed by atoms with E-state index in [2.05, 4.69) is 5.32 Å². The molecule has 26 heavy (non-hydrogen) atoms. The van der Waals surface area contributed by atoms with Crippen molar-refractivity contribution in [3.05, 3.63) is 47.5 Å². The van der Waals surface area contributed by atoms with E-state index in [9.17, 15) is 4.79 Å². The van der Waals surface area contributed by atoms with Gasteiger partial charge in [-0.3, -0.25) is 4.79 Å². The maximum atomic E-state index is 12.4. The van der Waals surface area contributed by atoms with Crippen LogP contribution in [0.4, 0.5) is 0 Å². The third-order valence-electron chi connectivity index (χ3n) is 3.89. The molecule has 0 aliphatic carbocycles. The molecule has 1 amide bonds. The van der Waals surface area contributed by atoms with E-state index in [1.165, 1.54) is 17.3 Å². The van der Waals surface area contributed by atoms with Crippen molar-refractivity contribution >= 4 is 17.7 Å². The van der Waals surface area contributed by atoms with Crippen molar-refractivity contribution in [2.45, 2.75) is 30.5 Å². The Hall–Kier alpha value is -2.34. The summed E-state index contributed by atoms with van der Waals surface area (Å²) < 4.78 is 16.0. The molecule has 0 saturated carbocycles. The number of ether oxygens (including phenoxy) is 3. The summed E-state index contributed by atoms with van der Waals surface area (Å²) in [6.45, 7) is 4.32. The van der Waals surface area contributed by atoms with Crippen molar-refractivity contribution in [2.24, 2.45) is 0 Å². The summed E-state index contributed by atoms with van der Waals surface area (Å²) in [5.74, 6) is 1.65. The van der Waals surface area contributed by atoms with Crippen LogP contribution >= 0.6 is 11.8 Å². The topological polar surface area (TPSA) is 56.8 Å². The predicted molar refractivity (Wildman–Crippen MR) is 104 cm³/mol. The third kappa shape index (κ3) is 5.08. The van der Waals surface area contributed by atoms with Gasteiger partial charge in [0.2, 0.25) is 11.7 Å². The summed E-state index contributed by atoms with van der Waals surface area (Å²) in [6, 6.07) is 11.8. The highest BCUT2D eigenvalue weighted by Crippen LogP contribution is 2.38. The molecule has 0 spiro atoms. The first-order valence-electron chi connectivity index (χ1n) is 8.28. The van der Waals surface area contributed by atoms with Gasteiger partial charge in [-0.1, -0.05) is 17.7 Å². The number of rotatable bonds is 8. The van der Waals surface area contributed by atoms with Gasteiger partial charge >= 0.3 is 0 Å². The Kier molecular flexibility index (Phi) is 7.21. The number of methoxy groups -OCH3 is 3. The Morgan fingerprint density at radius 3 is 2.12 bits per heavy atom. The maximum absolute atomic E-state index is 12.4. The number of carbonyl (C=O) groups is 1. The van der Waals surface area contributed by atoms with E-state index in [-0.39, 0.29) is 11.2 Å². The van der Waals surface area contributed by atoms with E-state index >= 15 is 0 Å². The Morgan fingerprint density at radius 2 is 1.62 bits per heavy atom. The highest BCUT2D eigenvalue weighted by atomic mass is 32.2. The Morgan fingerprint density at radius 1 is 1.04 bits per heavy atom. The average Bonchev–Trinajstić information content (AvgIpc) is 2.66. The minimum atomic E-state index is -0.195. The summed E-state index contributed by atoms with van der Waals surface area (Å²) in [7, 11) is 4.70. The van der Waals surface area contributed by atoms with Crippen LogP contribution in [0.15, 0.2) is 41.3 Å². The molecular formula is C20H25NO4S. The Balaban J connectivity index is 2.00. The second-order valence-corrected chi connectivity index (χ2v) is 7.24. The molecule has 0 saturated heterocycles. The van der Waals surface area contributed by atoms with E-state index in [1.807, 2.05) is 50.2 Å². The molecular weight excluding hydrogens is 350 g/mol. The molecule has 0 fully saturated rings. The lowest BCUT2D eigenvalue weighted by molar-refractivity contribution is -0.120. The molecule has 0 aliphatic heterocycles. The molecule has 0 aromatic heterocycles. The summed E-state index contributed by atoms with van der Waals surface area (Å²) in [4.78, 5) is 13.5. The van der Waals surface area contributed by atoms with Gasteiger partial charge in [-0.25, -0.2) is 0 Å². The van der Waals surface area contributed by atoms with Crippen LogP contribution in [0.3, 0.4) is 0 Å². The van der Waals surface area contributed by atoms with Gasteiger partial charge in [0.25, 0.3) is 0 Å². The minimum absolute atomic E-state index is 0.0238. The fourth-order valence-electron chi connectivity index (χ4n) is 2.44. The molecule has 0 unspecified atom stereocenters. The standard InChI is InChI=1S/C20H25NO4S/c1-13-6-8-16(9-7-13)26-14(2)20(22)21-12-15-10-17(23-3)19(25-5)18(11-15)24-4/h6-11,14H,12H2,1-5H3,(H,21,22)/t14-/m0/s1. The van der Waals surface area contributed by atoms with Crippen molar-refractivity contribution in [1.29, 1.82) is 0 Å². The van der Waals surface area contributed by atoms with E-state index in [1.54, 1.807) is 21.3 Å². The lowest BCUT2D eigenvalue weighted by Gasteiger charge is -2.15. The summed E-state index contributed by atoms with van der Waals surface area (Å²) in [5.41, 5.74) is 2.08. The van der Waals surface area contributed by atoms with Gasteiger partial charge in [0.05, 0.1) is 26.6 Å². The van der Waals surface area contributed by atoms with Crippen molar-refractivity contribution in [3.8, 4) is 17.2 Å². The van der Waals surface area contributed by atoms with Crippen LogP contribution in [-0.2, 0) is 11.3 Å². The first-order valence-corrected chi connectivity index (χ1v) is 9.16. The van der Waals surface area contributed by atoms with Gasteiger partial charge in [-0.2, -0.15) is 0 Å². The fraction of sp³-hybridized carbons (Fsp3) is 0.350. The van der Waals surface area contributed by atoms with Crippen LogP contribution in [0.25, 0.3) is 0 Å². The molecule has 0 radical (unpaired) electrons. The smallest absolute Gasteiger partial charge is 0.233 e. The summed E-state index contributed by atoms with van der Waals surface area (Å²) in [5, 5.41) is 2.76. The number of hydrogen-bond donors (Lipinski definition) is 1. The Bertz CT molecular complexity index is 721. The van der Waals surface area contributed by atoms with Crippen LogP contribution in [0.5, 0.6) is 17.2 Å². The number of hydrogen-bond acceptors (Lipinski definition) is 5. The first kappa shape index (κ1) is 20.0. The number of amides is 1. The Labute approximate surface area is 159 Å². The third-order valence-corrected chi connectivity index (χ3v) is 5.01. The van der Waals surface area contributed by atoms with Crippen molar-refractivity contribution in [1.82, 2.24) is 5.32 Å². The van der Waals surface area contributed by atoms with E-state index in [4.69, 9.17) is 14.2 Å². The average molecular weight is 375 g/mol. The molecule has 2 aromatic carbocycles. The van der Waals surface area contributed by atoms with Gasteiger partial charge in [-0.05, 0) is 43.7 Å². The van der Waals surface area contributed by atoms with Crippen LogP contribution < -0.4 is 19.5 Å². The van der Waals surface area contributed by atoms with Gasteiger partial charge in [0, 0.05) is 11.4 Å². The van der Waals surface area contributed by atoms with Crippen molar-refractivity contribution in [3.63, 3.8) is 0 Å². The van der Waals surface area contributed by atoms with Crippen molar-refractivity contribution < 1.29 is 19.0 Å². The predicted octanol–water partition coefficient (Wildman–Crippen LogP) is 3.82. The quantitative estimate of drug-likeness (QED) is 0.711. The summed E-state index contributed by atoms with van der Waals surface area (Å²) in [6.07, 6.45) is 0. The fourth-order valence-corrected chi connectivity index (χ4v) is 3.34. The van der Waals surface area contributed by atoms with E-state index in [0.717, 1.165) is 10.5 Å². The number of nitrogens with one attached hydrogen (secondary N) is 1. The number of thioether (sulfide) groups is 1. The lowest BCUT2D eigenvalue weighted by Crippen LogP contribution is -2.30. The molecule has 6 heteroatoms. The maximum Gasteiger partial charge on any atom is 0.233 e. The second-order valence-electron chi connectivity index (χ2n) is 5.82. The number of benzene rings is 2. The first-order chi connectivity index (χ1) is 12.5. The van der Waals surface area contributed by atoms with E-state index in [0.29, 0.717) is 23.8 Å². The monoisotopic (exact) mass is 375 g/mol. The number of aryl methyl sites for hydroxylation is 1. The zero-order chi connectivity index (χ0) is 19.1. The van der Waals surface area contributed by atoms with Crippen molar-refractivity contribution in [2.75, 3.05) is 21.3 Å². The largest absolute Gasteiger partial charge is 0.493 e. The molecule has 0 bridgehead atoms. The molecule has 1 N–H and O–H groups in total. The van der Waals surface area contributed by atoms with Crippen LogP contribution in [0, 0.1) is 6.92 Å². The van der Waals surface area contributed by atoms with Crippen LogP contribution in [0.2, 0.25) is 0 Å². The zero-order valence-corrected chi connectivity index (χ0v) is 16.6. The van der Waals surface area contributed by atoms with Gasteiger partial charge in [0.1, 0.15) is 0 Å². The molecule has 1 atom stereocenters. The molecule has 0 aliphatic rings. The highest BCUT2D eigenvalue weighted by Gasteiger charge is 2.16. The summed E-state index contributed by atoms with van der Waals surface area (Å²) >= 11 is 1.54. The van der Waals surface area contributed by atoms with Gasteiger partial charge in [-0.15, -0.1) is 11.8 Å². The number of carbonyl (C=O) groups excluding carboxylic acids is 1. The lowest BCUT2D eigenvalue weighted by atomic mass is 10.1. The molecule has 140 valence electrons. The minimum Gasteiger partial charge on any atom is -0.493 e. The van der Waals surface area contributed by atoms with Crippen LogP contribution in [-0.4, -0.2) is 32.5 Å². The molecule has 2 aromatic rings.